The molecule has 0 atom stereocenters. The normalized spacial score (nSPS) is 10.2. The average Bonchev–Trinajstić information content (AvgIpc) is 2.57. The Balaban J connectivity index is 2.18. The number of ether oxygens (including phenoxy) is 1. The van der Waals surface area contributed by atoms with E-state index in [4.69, 9.17) is 10.5 Å². The number of hydrogen-bond donors (Lipinski definition) is 1. The summed E-state index contributed by atoms with van der Waals surface area (Å²) >= 11 is 1.60. The van der Waals surface area contributed by atoms with Crippen LogP contribution in [0.15, 0.2) is 16.8 Å². The van der Waals surface area contributed by atoms with E-state index >= 15 is 0 Å². The third-order valence-electron chi connectivity index (χ3n) is 1.51. The first kappa shape index (κ1) is 10.4. The lowest BCUT2D eigenvalue weighted by Crippen LogP contribution is -2.15. The molecule has 1 heterocycles. The number of thiophene rings is 1. The number of rotatable bonds is 6. The van der Waals surface area contributed by atoms with Gasteiger partial charge in [0, 0.05) is 13.0 Å². The molecular weight excluding hydrogens is 186 g/mol. The van der Waals surface area contributed by atoms with E-state index < -0.39 is 0 Å². The van der Waals surface area contributed by atoms with Crippen molar-refractivity contribution >= 4 is 17.1 Å². The molecule has 0 radical (unpaired) electrons. The Labute approximate surface area is 81.5 Å². The Morgan fingerprint density at radius 1 is 1.62 bits per heavy atom. The molecule has 0 amide bonds. The van der Waals surface area contributed by atoms with Gasteiger partial charge in [0.1, 0.15) is 6.61 Å². The van der Waals surface area contributed by atoms with E-state index in [0.29, 0.717) is 19.6 Å². The van der Waals surface area contributed by atoms with Crippen molar-refractivity contribution in [3.63, 3.8) is 0 Å². The minimum Gasteiger partial charge on any atom is -0.372 e. The Morgan fingerprint density at radius 2 is 2.46 bits per heavy atom. The summed E-state index contributed by atoms with van der Waals surface area (Å²) in [5, 5.41) is 3.93. The van der Waals surface area contributed by atoms with Crippen molar-refractivity contribution in [3.05, 3.63) is 22.4 Å². The van der Waals surface area contributed by atoms with Crippen LogP contribution in [0.25, 0.3) is 0 Å². The summed E-state index contributed by atoms with van der Waals surface area (Å²) in [5.41, 5.74) is 6.28. The molecule has 0 saturated heterocycles. The summed E-state index contributed by atoms with van der Waals surface area (Å²) < 4.78 is 5.02. The van der Waals surface area contributed by atoms with Crippen LogP contribution in [0, 0.1) is 0 Å². The number of nitrogens with two attached hydrogens (primary N) is 1. The van der Waals surface area contributed by atoms with Crippen LogP contribution in [0.1, 0.15) is 5.56 Å². The Morgan fingerprint density at radius 3 is 3.08 bits per heavy atom. The first-order valence-corrected chi connectivity index (χ1v) is 5.08. The van der Waals surface area contributed by atoms with Crippen molar-refractivity contribution < 1.29 is 9.53 Å². The number of hydrogen-bond acceptors (Lipinski definition) is 4. The second-order valence-electron chi connectivity index (χ2n) is 2.69. The van der Waals surface area contributed by atoms with Gasteiger partial charge in [-0.3, -0.25) is 4.79 Å². The van der Waals surface area contributed by atoms with Gasteiger partial charge >= 0.3 is 0 Å². The molecule has 0 fully saturated rings. The summed E-state index contributed by atoms with van der Waals surface area (Å²) in [4.78, 5) is 11.2. The van der Waals surface area contributed by atoms with Crippen LogP contribution >= 0.6 is 11.3 Å². The zero-order chi connectivity index (χ0) is 9.52. The molecule has 72 valence electrons. The quantitative estimate of drug-likeness (QED) is 0.691. The molecule has 13 heavy (non-hydrogen) atoms. The van der Waals surface area contributed by atoms with Gasteiger partial charge in [0.05, 0.1) is 6.61 Å². The third-order valence-corrected chi connectivity index (χ3v) is 2.24. The van der Waals surface area contributed by atoms with Gasteiger partial charge in [0.15, 0.2) is 5.78 Å². The van der Waals surface area contributed by atoms with Crippen molar-refractivity contribution in [3.8, 4) is 0 Å². The van der Waals surface area contributed by atoms with Gasteiger partial charge in [-0.1, -0.05) is 0 Å². The summed E-state index contributed by atoms with van der Waals surface area (Å²) in [7, 11) is 0. The zero-order valence-corrected chi connectivity index (χ0v) is 8.18. The van der Waals surface area contributed by atoms with E-state index in [-0.39, 0.29) is 12.4 Å². The van der Waals surface area contributed by atoms with Gasteiger partial charge in [-0.05, 0) is 22.4 Å². The molecule has 0 spiro atoms. The first-order valence-electron chi connectivity index (χ1n) is 4.13. The number of ketones is 1. The fraction of sp³-hybridized carbons (Fsp3) is 0.444. The third kappa shape index (κ3) is 4.17. The molecule has 1 aromatic rings. The van der Waals surface area contributed by atoms with E-state index in [0.717, 1.165) is 5.56 Å². The van der Waals surface area contributed by atoms with Crippen molar-refractivity contribution in [1.82, 2.24) is 0 Å². The van der Waals surface area contributed by atoms with Crippen LogP contribution in [0.2, 0.25) is 0 Å². The van der Waals surface area contributed by atoms with E-state index in [2.05, 4.69) is 0 Å². The van der Waals surface area contributed by atoms with E-state index in [1.54, 1.807) is 11.3 Å². The van der Waals surface area contributed by atoms with Crippen molar-refractivity contribution in [2.24, 2.45) is 5.73 Å². The van der Waals surface area contributed by atoms with Crippen molar-refractivity contribution in [2.45, 2.75) is 6.42 Å². The van der Waals surface area contributed by atoms with Crippen LogP contribution in [0.5, 0.6) is 0 Å². The molecule has 0 saturated carbocycles. The van der Waals surface area contributed by atoms with Crippen LogP contribution < -0.4 is 5.73 Å². The monoisotopic (exact) mass is 199 g/mol. The van der Waals surface area contributed by atoms with Crippen LogP contribution in [-0.2, 0) is 16.0 Å². The lowest BCUT2D eigenvalue weighted by atomic mass is 10.2. The maximum absolute atomic E-state index is 11.2. The van der Waals surface area contributed by atoms with Crippen molar-refractivity contribution in [2.75, 3.05) is 19.8 Å². The van der Waals surface area contributed by atoms with Gasteiger partial charge in [-0.25, -0.2) is 0 Å². The van der Waals surface area contributed by atoms with E-state index in [1.807, 2.05) is 16.8 Å². The summed E-state index contributed by atoms with van der Waals surface area (Å²) in [6, 6.07) is 1.95. The Hall–Kier alpha value is -0.710. The lowest BCUT2D eigenvalue weighted by Gasteiger charge is -2.00. The predicted octanol–water partition coefficient (Wildman–Crippen LogP) is 0.835. The van der Waals surface area contributed by atoms with Gasteiger partial charge in [0.2, 0.25) is 0 Å². The number of carbonyl (C=O) groups excluding carboxylic acids is 1. The minimum absolute atomic E-state index is 0.104. The van der Waals surface area contributed by atoms with Crippen LogP contribution in [0.4, 0.5) is 0 Å². The molecule has 0 aliphatic rings. The molecular formula is C9H13NO2S. The fourth-order valence-electron chi connectivity index (χ4n) is 0.941. The standard InChI is InChI=1S/C9H13NO2S/c10-2-3-12-6-9(11)5-8-1-4-13-7-8/h1,4,7H,2-3,5-6,10H2. The largest absolute Gasteiger partial charge is 0.372 e. The number of Topliss-reactive ketones (excluding diaryl/α,β-unsaturated/α-hetero) is 1. The lowest BCUT2D eigenvalue weighted by molar-refractivity contribution is -0.122. The van der Waals surface area contributed by atoms with Gasteiger partial charge < -0.3 is 10.5 Å². The molecule has 0 aliphatic carbocycles. The second-order valence-corrected chi connectivity index (χ2v) is 3.47. The highest BCUT2D eigenvalue weighted by Crippen LogP contribution is 2.06. The topological polar surface area (TPSA) is 52.3 Å². The number of carbonyl (C=O) groups is 1. The molecule has 0 aromatic carbocycles. The molecule has 0 unspecified atom stereocenters. The van der Waals surface area contributed by atoms with E-state index in [1.165, 1.54) is 0 Å². The van der Waals surface area contributed by atoms with Gasteiger partial charge in [0.25, 0.3) is 0 Å². The van der Waals surface area contributed by atoms with Crippen LogP contribution in [0.3, 0.4) is 0 Å². The maximum atomic E-state index is 11.2. The highest BCUT2D eigenvalue weighted by molar-refractivity contribution is 7.07. The summed E-state index contributed by atoms with van der Waals surface area (Å²) in [6.45, 7) is 1.09. The fourth-order valence-corrected chi connectivity index (χ4v) is 1.61. The summed E-state index contributed by atoms with van der Waals surface area (Å²) in [5.74, 6) is 0.104. The second kappa shape index (κ2) is 5.85. The van der Waals surface area contributed by atoms with E-state index in [9.17, 15) is 4.79 Å². The zero-order valence-electron chi connectivity index (χ0n) is 7.36. The SMILES string of the molecule is NCCOCC(=O)Cc1ccsc1. The van der Waals surface area contributed by atoms with Crippen molar-refractivity contribution in [1.29, 1.82) is 0 Å². The van der Waals surface area contributed by atoms with Crippen LogP contribution in [-0.4, -0.2) is 25.5 Å². The smallest absolute Gasteiger partial charge is 0.162 e. The minimum atomic E-state index is 0.104. The highest BCUT2D eigenvalue weighted by atomic mass is 32.1. The molecule has 4 heteroatoms. The maximum Gasteiger partial charge on any atom is 0.162 e. The molecule has 1 aromatic heterocycles. The Bertz CT molecular complexity index is 246. The molecule has 0 aliphatic heterocycles. The summed E-state index contributed by atoms with van der Waals surface area (Å²) in [6.07, 6.45) is 0.466. The van der Waals surface area contributed by atoms with Gasteiger partial charge in [-0.15, -0.1) is 0 Å². The highest BCUT2D eigenvalue weighted by Gasteiger charge is 2.03. The predicted molar refractivity (Wildman–Crippen MR) is 52.9 cm³/mol. The molecule has 0 bridgehead atoms. The molecule has 2 N–H and O–H groups in total. The average molecular weight is 199 g/mol. The molecule has 1 rings (SSSR count). The Kier molecular flexibility index (Phi) is 4.67. The van der Waals surface area contributed by atoms with Gasteiger partial charge in [-0.2, -0.15) is 11.3 Å². The molecule has 3 nitrogen and oxygen atoms in total. The first-order chi connectivity index (χ1) is 6.33.